The van der Waals surface area contributed by atoms with E-state index in [0.717, 1.165) is 12.2 Å². The van der Waals surface area contributed by atoms with E-state index in [0.29, 0.717) is 13.2 Å². The Bertz CT molecular complexity index is 353. The Morgan fingerprint density at radius 1 is 1.56 bits per heavy atom. The third-order valence-corrected chi connectivity index (χ3v) is 2.87. The average Bonchev–Trinajstić information content (AvgIpc) is 2.79. The van der Waals surface area contributed by atoms with E-state index >= 15 is 0 Å². The number of rotatable bonds is 3. The van der Waals surface area contributed by atoms with E-state index < -0.39 is 0 Å². The van der Waals surface area contributed by atoms with Crippen molar-refractivity contribution >= 4 is 5.97 Å². The van der Waals surface area contributed by atoms with E-state index in [9.17, 15) is 4.79 Å². The first-order valence-electron chi connectivity index (χ1n) is 5.61. The molecule has 0 radical (unpaired) electrons. The topological polar surface area (TPSA) is 51.2 Å². The molecule has 1 aromatic rings. The van der Waals surface area contributed by atoms with Crippen molar-refractivity contribution in [1.29, 1.82) is 0 Å². The van der Waals surface area contributed by atoms with Crippen LogP contribution in [-0.4, -0.2) is 30.6 Å². The van der Waals surface area contributed by atoms with Crippen LogP contribution in [0.1, 0.15) is 18.5 Å². The predicted octanol–water partition coefficient (Wildman–Crippen LogP) is 0.948. The van der Waals surface area contributed by atoms with Gasteiger partial charge < -0.3 is 10.1 Å². The third-order valence-electron chi connectivity index (χ3n) is 2.87. The van der Waals surface area contributed by atoms with Crippen molar-refractivity contribution in [2.24, 2.45) is 5.92 Å². The third kappa shape index (κ3) is 2.22. The molecule has 1 aromatic heterocycles. The summed E-state index contributed by atoms with van der Waals surface area (Å²) in [5.74, 6) is -0.0850. The SMILES string of the molecule is CCOC(=O)C1CNCC1c1ccccn1. The zero-order chi connectivity index (χ0) is 11.4. The fourth-order valence-electron chi connectivity index (χ4n) is 2.08. The largest absolute Gasteiger partial charge is 0.466 e. The molecule has 4 heteroatoms. The molecule has 2 unspecified atom stereocenters. The number of nitrogens with zero attached hydrogens (tertiary/aromatic N) is 1. The van der Waals surface area contributed by atoms with Gasteiger partial charge in [0.05, 0.1) is 12.5 Å². The molecule has 1 saturated heterocycles. The summed E-state index contributed by atoms with van der Waals surface area (Å²) in [5.41, 5.74) is 0.963. The molecular weight excluding hydrogens is 204 g/mol. The van der Waals surface area contributed by atoms with Crippen molar-refractivity contribution < 1.29 is 9.53 Å². The molecule has 0 spiro atoms. The number of nitrogens with one attached hydrogen (secondary N) is 1. The van der Waals surface area contributed by atoms with Crippen LogP contribution in [0, 0.1) is 5.92 Å². The van der Waals surface area contributed by atoms with E-state index in [4.69, 9.17) is 4.74 Å². The van der Waals surface area contributed by atoms with Gasteiger partial charge in [-0.3, -0.25) is 9.78 Å². The van der Waals surface area contributed by atoms with Crippen LogP contribution < -0.4 is 5.32 Å². The highest BCUT2D eigenvalue weighted by molar-refractivity contribution is 5.74. The van der Waals surface area contributed by atoms with E-state index in [1.165, 1.54) is 0 Å². The minimum Gasteiger partial charge on any atom is -0.466 e. The Morgan fingerprint density at radius 2 is 2.44 bits per heavy atom. The second-order valence-electron chi connectivity index (χ2n) is 3.88. The van der Waals surface area contributed by atoms with E-state index in [-0.39, 0.29) is 17.8 Å². The lowest BCUT2D eigenvalue weighted by Crippen LogP contribution is -2.24. The van der Waals surface area contributed by atoms with Crippen molar-refractivity contribution in [1.82, 2.24) is 10.3 Å². The van der Waals surface area contributed by atoms with Gasteiger partial charge in [0.25, 0.3) is 0 Å². The molecule has 1 fully saturated rings. The number of hydrogen-bond donors (Lipinski definition) is 1. The van der Waals surface area contributed by atoms with Crippen LogP contribution in [0.4, 0.5) is 0 Å². The van der Waals surface area contributed by atoms with Gasteiger partial charge in [0, 0.05) is 30.9 Å². The zero-order valence-corrected chi connectivity index (χ0v) is 9.35. The molecule has 0 aliphatic carbocycles. The highest BCUT2D eigenvalue weighted by Gasteiger charge is 2.35. The van der Waals surface area contributed by atoms with Gasteiger partial charge in [0.15, 0.2) is 0 Å². The maximum atomic E-state index is 11.7. The number of pyridine rings is 1. The van der Waals surface area contributed by atoms with Crippen LogP contribution in [0.2, 0.25) is 0 Å². The van der Waals surface area contributed by atoms with Gasteiger partial charge in [-0.15, -0.1) is 0 Å². The molecule has 16 heavy (non-hydrogen) atoms. The highest BCUT2D eigenvalue weighted by Crippen LogP contribution is 2.27. The molecule has 0 bridgehead atoms. The van der Waals surface area contributed by atoms with Crippen molar-refractivity contribution in [3.8, 4) is 0 Å². The van der Waals surface area contributed by atoms with Crippen molar-refractivity contribution in [2.45, 2.75) is 12.8 Å². The maximum Gasteiger partial charge on any atom is 0.310 e. The monoisotopic (exact) mass is 220 g/mol. The number of hydrogen-bond acceptors (Lipinski definition) is 4. The Morgan fingerprint density at radius 3 is 3.12 bits per heavy atom. The van der Waals surface area contributed by atoms with Crippen molar-refractivity contribution in [2.75, 3.05) is 19.7 Å². The molecule has 2 atom stereocenters. The van der Waals surface area contributed by atoms with Gasteiger partial charge in [-0.2, -0.15) is 0 Å². The minimum atomic E-state index is -0.122. The smallest absolute Gasteiger partial charge is 0.310 e. The Labute approximate surface area is 95.0 Å². The van der Waals surface area contributed by atoms with Crippen molar-refractivity contribution in [3.63, 3.8) is 0 Å². The van der Waals surface area contributed by atoms with Crippen LogP contribution in [0.3, 0.4) is 0 Å². The Kier molecular flexibility index (Phi) is 3.51. The molecule has 0 amide bonds. The Balaban J connectivity index is 2.12. The summed E-state index contributed by atoms with van der Waals surface area (Å²) in [5, 5.41) is 3.22. The molecule has 2 heterocycles. The van der Waals surface area contributed by atoms with Crippen LogP contribution in [0.15, 0.2) is 24.4 Å². The lowest BCUT2D eigenvalue weighted by Gasteiger charge is -2.16. The standard InChI is InChI=1S/C12H16N2O2/c1-2-16-12(15)10-8-13-7-9(10)11-5-3-4-6-14-11/h3-6,9-10,13H,2,7-8H2,1H3. The van der Waals surface area contributed by atoms with Gasteiger partial charge in [-0.25, -0.2) is 0 Å². The zero-order valence-electron chi connectivity index (χ0n) is 9.35. The van der Waals surface area contributed by atoms with Gasteiger partial charge in [0.2, 0.25) is 0 Å². The van der Waals surface area contributed by atoms with Crippen LogP contribution in [0.5, 0.6) is 0 Å². The first-order chi connectivity index (χ1) is 7.83. The quantitative estimate of drug-likeness (QED) is 0.770. The molecule has 1 N–H and O–H groups in total. The fourth-order valence-corrected chi connectivity index (χ4v) is 2.08. The van der Waals surface area contributed by atoms with Gasteiger partial charge in [0.1, 0.15) is 0 Å². The van der Waals surface area contributed by atoms with E-state index in [1.54, 1.807) is 6.20 Å². The predicted molar refractivity (Wildman–Crippen MR) is 60.0 cm³/mol. The van der Waals surface area contributed by atoms with E-state index in [1.807, 2.05) is 25.1 Å². The van der Waals surface area contributed by atoms with Crippen LogP contribution >= 0.6 is 0 Å². The summed E-state index contributed by atoms with van der Waals surface area (Å²) in [7, 11) is 0. The number of ether oxygens (including phenoxy) is 1. The summed E-state index contributed by atoms with van der Waals surface area (Å²) in [4.78, 5) is 16.0. The number of carbonyl (C=O) groups is 1. The molecule has 1 aliphatic heterocycles. The molecule has 2 rings (SSSR count). The number of aromatic nitrogens is 1. The maximum absolute atomic E-state index is 11.7. The van der Waals surface area contributed by atoms with Crippen molar-refractivity contribution in [3.05, 3.63) is 30.1 Å². The second kappa shape index (κ2) is 5.07. The van der Waals surface area contributed by atoms with Gasteiger partial charge in [-0.1, -0.05) is 6.07 Å². The van der Waals surface area contributed by atoms with Crippen LogP contribution in [-0.2, 0) is 9.53 Å². The molecular formula is C12H16N2O2. The first kappa shape index (κ1) is 11.1. The summed E-state index contributed by atoms with van der Waals surface area (Å²) < 4.78 is 5.07. The van der Waals surface area contributed by atoms with Gasteiger partial charge in [-0.05, 0) is 19.1 Å². The summed E-state index contributed by atoms with van der Waals surface area (Å²) in [6.45, 7) is 3.74. The second-order valence-corrected chi connectivity index (χ2v) is 3.88. The lowest BCUT2D eigenvalue weighted by atomic mass is 9.92. The average molecular weight is 220 g/mol. The molecule has 4 nitrogen and oxygen atoms in total. The summed E-state index contributed by atoms with van der Waals surface area (Å²) in [6.07, 6.45) is 1.76. The molecule has 86 valence electrons. The molecule has 0 aromatic carbocycles. The minimum absolute atomic E-state index is 0.102. The first-order valence-corrected chi connectivity index (χ1v) is 5.61. The lowest BCUT2D eigenvalue weighted by molar-refractivity contribution is -0.147. The van der Waals surface area contributed by atoms with E-state index in [2.05, 4.69) is 10.3 Å². The van der Waals surface area contributed by atoms with Crippen LogP contribution in [0.25, 0.3) is 0 Å². The molecule has 0 saturated carbocycles. The fraction of sp³-hybridized carbons (Fsp3) is 0.500. The molecule has 1 aliphatic rings. The number of esters is 1. The Hall–Kier alpha value is -1.42. The number of carbonyl (C=O) groups excluding carboxylic acids is 1. The highest BCUT2D eigenvalue weighted by atomic mass is 16.5. The van der Waals surface area contributed by atoms with Gasteiger partial charge >= 0.3 is 5.97 Å². The normalized spacial score (nSPS) is 24.3. The summed E-state index contributed by atoms with van der Waals surface area (Å²) >= 11 is 0. The summed E-state index contributed by atoms with van der Waals surface area (Å²) in [6, 6.07) is 5.79.